The zero-order chi connectivity index (χ0) is 19.6. The molecule has 0 radical (unpaired) electrons. The number of rotatable bonds is 8. The van der Waals surface area contributed by atoms with Crippen LogP contribution >= 0.6 is 23.5 Å². The number of para-hydroxylation sites is 1. The lowest BCUT2D eigenvalue weighted by molar-refractivity contribution is -0.115. The van der Waals surface area contributed by atoms with E-state index < -0.39 is 0 Å². The zero-order valence-corrected chi connectivity index (χ0v) is 16.9. The first-order valence-corrected chi connectivity index (χ1v) is 10.8. The van der Waals surface area contributed by atoms with Crippen LogP contribution in [-0.4, -0.2) is 11.7 Å². The van der Waals surface area contributed by atoms with Gasteiger partial charge in [0.1, 0.15) is 5.25 Å². The maximum atomic E-state index is 13.2. The molecule has 0 aromatic heterocycles. The molecule has 0 heterocycles. The molecule has 3 aromatic rings. The SMILES string of the molecule is N#CCCSc1ccccc1NC(=O)[C@H](Sc1ccccc1)c1ccccc1. The van der Waals surface area contributed by atoms with E-state index in [9.17, 15) is 4.79 Å². The van der Waals surface area contributed by atoms with Gasteiger partial charge in [0.15, 0.2) is 0 Å². The molecule has 1 amide bonds. The van der Waals surface area contributed by atoms with Crippen LogP contribution < -0.4 is 5.32 Å². The van der Waals surface area contributed by atoms with Crippen LogP contribution in [0.25, 0.3) is 0 Å². The van der Waals surface area contributed by atoms with Crippen molar-refractivity contribution in [1.82, 2.24) is 0 Å². The van der Waals surface area contributed by atoms with Crippen molar-refractivity contribution in [3.8, 4) is 6.07 Å². The van der Waals surface area contributed by atoms with E-state index in [0.29, 0.717) is 12.2 Å². The molecule has 3 rings (SSSR count). The lowest BCUT2D eigenvalue weighted by atomic mass is 10.1. The molecule has 0 aliphatic heterocycles. The highest BCUT2D eigenvalue weighted by atomic mass is 32.2. The summed E-state index contributed by atoms with van der Waals surface area (Å²) in [5, 5.41) is 11.5. The van der Waals surface area contributed by atoms with E-state index in [4.69, 9.17) is 5.26 Å². The minimum atomic E-state index is -0.360. The van der Waals surface area contributed by atoms with Crippen LogP contribution in [0.15, 0.2) is 94.7 Å². The number of nitrogens with one attached hydrogen (secondary N) is 1. The largest absolute Gasteiger partial charge is 0.324 e. The average Bonchev–Trinajstić information content (AvgIpc) is 2.75. The summed E-state index contributed by atoms with van der Waals surface area (Å²) in [7, 11) is 0. The molecule has 0 unspecified atom stereocenters. The summed E-state index contributed by atoms with van der Waals surface area (Å²) in [6.07, 6.45) is 0.476. The van der Waals surface area contributed by atoms with Gasteiger partial charge in [0, 0.05) is 22.0 Å². The Hall–Kier alpha value is -2.68. The van der Waals surface area contributed by atoms with Crippen molar-refractivity contribution >= 4 is 35.1 Å². The second kappa shape index (κ2) is 10.6. The van der Waals surface area contributed by atoms with E-state index >= 15 is 0 Å². The Bertz CT molecular complexity index is 940. The van der Waals surface area contributed by atoms with Gasteiger partial charge in [-0.15, -0.1) is 23.5 Å². The van der Waals surface area contributed by atoms with E-state index in [2.05, 4.69) is 11.4 Å². The van der Waals surface area contributed by atoms with Crippen molar-refractivity contribution in [2.75, 3.05) is 11.1 Å². The zero-order valence-electron chi connectivity index (χ0n) is 15.2. The van der Waals surface area contributed by atoms with Gasteiger partial charge in [-0.1, -0.05) is 60.7 Å². The van der Waals surface area contributed by atoms with Crippen LogP contribution in [0.5, 0.6) is 0 Å². The minimum absolute atomic E-state index is 0.0617. The van der Waals surface area contributed by atoms with Crippen molar-refractivity contribution < 1.29 is 4.79 Å². The maximum Gasteiger partial charge on any atom is 0.242 e. The van der Waals surface area contributed by atoms with E-state index in [1.807, 2.05) is 84.9 Å². The van der Waals surface area contributed by atoms with E-state index in [1.165, 1.54) is 11.8 Å². The highest BCUT2D eigenvalue weighted by Gasteiger charge is 2.22. The van der Waals surface area contributed by atoms with Crippen molar-refractivity contribution in [3.63, 3.8) is 0 Å². The molecule has 28 heavy (non-hydrogen) atoms. The minimum Gasteiger partial charge on any atom is -0.324 e. The lowest BCUT2D eigenvalue weighted by Gasteiger charge is -2.18. The first kappa shape index (κ1) is 20.1. The van der Waals surface area contributed by atoms with Gasteiger partial charge in [0.2, 0.25) is 5.91 Å². The van der Waals surface area contributed by atoms with Crippen LogP contribution in [0.4, 0.5) is 5.69 Å². The Kier molecular flexibility index (Phi) is 7.60. The number of anilines is 1. The average molecular weight is 405 g/mol. The fourth-order valence-corrected chi connectivity index (χ4v) is 4.54. The molecular weight excluding hydrogens is 384 g/mol. The van der Waals surface area contributed by atoms with Gasteiger partial charge in [-0.05, 0) is 29.8 Å². The van der Waals surface area contributed by atoms with Crippen molar-refractivity contribution in [1.29, 1.82) is 5.26 Å². The third-order valence-corrected chi connectivity index (χ3v) is 6.30. The van der Waals surface area contributed by atoms with Crippen molar-refractivity contribution in [2.24, 2.45) is 0 Å². The first-order chi connectivity index (χ1) is 13.8. The Morgan fingerprint density at radius 2 is 1.57 bits per heavy atom. The fraction of sp³-hybridized carbons (Fsp3) is 0.130. The molecule has 140 valence electrons. The summed E-state index contributed by atoms with van der Waals surface area (Å²) in [5.41, 5.74) is 1.74. The van der Waals surface area contributed by atoms with Crippen LogP contribution in [0.2, 0.25) is 0 Å². The van der Waals surface area contributed by atoms with E-state index in [1.54, 1.807) is 11.8 Å². The topological polar surface area (TPSA) is 52.9 Å². The molecule has 3 nitrogen and oxygen atoms in total. The number of carbonyl (C=O) groups excluding carboxylic acids is 1. The van der Waals surface area contributed by atoms with Crippen molar-refractivity contribution in [2.45, 2.75) is 21.5 Å². The second-order valence-electron chi connectivity index (χ2n) is 5.96. The summed E-state index contributed by atoms with van der Waals surface area (Å²) in [6.45, 7) is 0. The number of benzene rings is 3. The van der Waals surface area contributed by atoms with Gasteiger partial charge >= 0.3 is 0 Å². The molecule has 3 aromatic carbocycles. The third-order valence-electron chi connectivity index (χ3n) is 3.95. The molecule has 1 atom stereocenters. The normalized spacial score (nSPS) is 11.4. The van der Waals surface area contributed by atoms with Crippen molar-refractivity contribution in [3.05, 3.63) is 90.5 Å². The summed E-state index contributed by atoms with van der Waals surface area (Å²) in [5.74, 6) is 0.637. The number of nitrogens with zero attached hydrogens (tertiary/aromatic N) is 1. The fourth-order valence-electron chi connectivity index (χ4n) is 2.64. The highest BCUT2D eigenvalue weighted by Crippen LogP contribution is 2.37. The predicted molar refractivity (Wildman–Crippen MR) is 118 cm³/mol. The predicted octanol–water partition coefficient (Wildman–Crippen LogP) is 6.16. The lowest BCUT2D eigenvalue weighted by Crippen LogP contribution is -2.19. The molecular formula is C23H20N2OS2. The van der Waals surface area contributed by atoms with Gasteiger partial charge in [-0.25, -0.2) is 0 Å². The molecule has 1 N–H and O–H groups in total. The number of nitriles is 1. The van der Waals surface area contributed by atoms with Gasteiger partial charge in [-0.3, -0.25) is 4.79 Å². The van der Waals surface area contributed by atoms with Crippen LogP contribution in [0.1, 0.15) is 17.2 Å². The highest BCUT2D eigenvalue weighted by molar-refractivity contribution is 8.00. The molecule has 0 aliphatic rings. The monoisotopic (exact) mass is 404 g/mol. The number of carbonyl (C=O) groups is 1. The maximum absolute atomic E-state index is 13.2. The first-order valence-electron chi connectivity index (χ1n) is 8.94. The number of amides is 1. The molecule has 5 heteroatoms. The number of hydrogen-bond acceptors (Lipinski definition) is 4. The van der Waals surface area contributed by atoms with Crippen LogP contribution in [-0.2, 0) is 4.79 Å². The van der Waals surface area contributed by atoms with E-state index in [0.717, 1.165) is 21.0 Å². The third kappa shape index (κ3) is 5.66. The second-order valence-corrected chi connectivity index (χ2v) is 8.28. The smallest absolute Gasteiger partial charge is 0.242 e. The van der Waals surface area contributed by atoms with Gasteiger partial charge in [-0.2, -0.15) is 5.26 Å². The molecule has 0 fully saturated rings. The van der Waals surface area contributed by atoms with Crippen LogP contribution in [0.3, 0.4) is 0 Å². The molecule has 0 aliphatic carbocycles. The van der Waals surface area contributed by atoms with Gasteiger partial charge in [0.05, 0.1) is 11.8 Å². The Morgan fingerprint density at radius 3 is 2.29 bits per heavy atom. The number of hydrogen-bond donors (Lipinski definition) is 1. The Labute approximate surface area is 174 Å². The summed E-state index contributed by atoms with van der Waals surface area (Å²) >= 11 is 3.12. The van der Waals surface area contributed by atoms with Gasteiger partial charge < -0.3 is 5.32 Å². The molecule has 0 saturated heterocycles. The summed E-state index contributed by atoms with van der Waals surface area (Å²) in [4.78, 5) is 15.2. The van der Waals surface area contributed by atoms with Gasteiger partial charge in [0.25, 0.3) is 0 Å². The molecule has 0 bridgehead atoms. The summed E-state index contributed by atoms with van der Waals surface area (Å²) in [6, 6.07) is 29.6. The molecule has 0 saturated carbocycles. The Balaban J connectivity index is 1.81. The van der Waals surface area contributed by atoms with Crippen LogP contribution in [0, 0.1) is 11.3 Å². The number of thioether (sulfide) groups is 2. The quantitative estimate of drug-likeness (QED) is 0.361. The standard InChI is InChI=1S/C23H20N2OS2/c24-16-9-17-27-21-15-8-7-14-20(21)25-23(26)22(18-10-3-1-4-11-18)28-19-12-5-2-6-13-19/h1-8,10-15,22H,9,17H2,(H,25,26)/t22-/m1/s1. The molecule has 0 spiro atoms. The van der Waals surface area contributed by atoms with E-state index in [-0.39, 0.29) is 11.2 Å². The Morgan fingerprint density at radius 1 is 0.929 bits per heavy atom. The summed E-state index contributed by atoms with van der Waals surface area (Å²) < 4.78 is 0.